The first kappa shape index (κ1) is 34.5. The van der Waals surface area contributed by atoms with E-state index in [1.165, 1.54) is 0 Å². The molecule has 3 heterocycles. The summed E-state index contributed by atoms with van der Waals surface area (Å²) < 4.78 is 24.1. The highest BCUT2D eigenvalue weighted by Gasteiger charge is 2.35. The van der Waals surface area contributed by atoms with Crippen LogP contribution in [0.4, 0.5) is 4.39 Å². The fourth-order valence-electron chi connectivity index (χ4n) is 8.16. The van der Waals surface area contributed by atoms with Crippen LogP contribution in [0.2, 0.25) is 0 Å². The molecule has 0 spiro atoms. The van der Waals surface area contributed by atoms with E-state index in [-0.39, 0.29) is 30.5 Å². The number of benzene rings is 7. The van der Waals surface area contributed by atoms with E-state index in [2.05, 4.69) is 98.6 Å². The van der Waals surface area contributed by atoms with Gasteiger partial charge in [-0.1, -0.05) is 146 Å². The fraction of sp³-hybridized carbons (Fsp3) is 0.125. The molecule has 0 bridgehead atoms. The van der Waals surface area contributed by atoms with Crippen LogP contribution in [-0.2, 0) is 0 Å². The summed E-state index contributed by atoms with van der Waals surface area (Å²) >= 11 is 0. The van der Waals surface area contributed by atoms with E-state index in [9.17, 15) is 0 Å². The van der Waals surface area contributed by atoms with Gasteiger partial charge in [0, 0.05) is 21.9 Å². The molecule has 8 aromatic rings. The average molecular weight is 737 g/mol. The highest BCUT2D eigenvalue weighted by molar-refractivity contribution is 6.06. The molecule has 2 aliphatic rings. The molecule has 4 unspecified atom stereocenters. The largest absolute Gasteiger partial charge is 0.456 e. The van der Waals surface area contributed by atoms with E-state index in [0.29, 0.717) is 11.1 Å². The Bertz CT molecular complexity index is 2390. The van der Waals surface area contributed by atoms with Crippen molar-refractivity contribution in [3.63, 3.8) is 0 Å². The van der Waals surface area contributed by atoms with Crippen molar-refractivity contribution in [3.05, 3.63) is 215 Å². The number of rotatable bonds is 7. The van der Waals surface area contributed by atoms with Crippen LogP contribution in [0.15, 0.2) is 180 Å². The molecule has 1 aromatic heterocycles. The Morgan fingerprint density at radius 1 is 0.339 bits per heavy atom. The summed E-state index contributed by atoms with van der Waals surface area (Å²) in [7, 11) is 0. The van der Waals surface area contributed by atoms with Gasteiger partial charge in [-0.25, -0.2) is 4.39 Å². The SMILES string of the molecule is Fc1c(C2NC(c3ccccc3)NC(c3ccccc3)N2)cc(-c2ccc3oc4ccccc4c3c2)cc1C1NC(c2ccccc2)NC(c2ccccc2)N1. The van der Waals surface area contributed by atoms with E-state index >= 15 is 4.39 Å². The normalized spacial score (nSPS) is 22.7. The number of hydrogen-bond acceptors (Lipinski definition) is 7. The second-order valence-corrected chi connectivity index (χ2v) is 14.5. The van der Waals surface area contributed by atoms with Gasteiger partial charge in [0.05, 0.1) is 37.0 Å². The van der Waals surface area contributed by atoms with Gasteiger partial charge in [0.25, 0.3) is 0 Å². The van der Waals surface area contributed by atoms with E-state index in [1.807, 2.05) is 109 Å². The summed E-state index contributed by atoms with van der Waals surface area (Å²) in [5.41, 5.74) is 8.80. The van der Waals surface area contributed by atoms with Crippen molar-refractivity contribution in [2.24, 2.45) is 0 Å². The molecule has 10 rings (SSSR count). The van der Waals surface area contributed by atoms with Crippen molar-refractivity contribution >= 4 is 21.9 Å². The molecule has 0 radical (unpaired) electrons. The Balaban J connectivity index is 1.13. The standard InChI is InChI=1S/C48H41FN6O/c49-42-38(47-52-43(30-15-5-1-6-16-30)50-44(53-47)31-17-7-2-8-18-31)28-35(34-25-26-41-37(27-34)36-23-13-14-24-40(36)56-41)29-39(42)48-54-45(32-19-9-3-10-20-32)51-46(55-48)33-21-11-4-12-22-33/h1-29,43-48,50-55H. The number of para-hydroxylation sites is 1. The van der Waals surface area contributed by atoms with Crippen molar-refractivity contribution in [3.8, 4) is 11.1 Å². The number of hydrogen-bond donors (Lipinski definition) is 6. The van der Waals surface area contributed by atoms with Crippen LogP contribution in [0.25, 0.3) is 33.1 Å². The Morgan fingerprint density at radius 3 is 1.16 bits per heavy atom. The van der Waals surface area contributed by atoms with E-state index in [1.54, 1.807) is 0 Å². The van der Waals surface area contributed by atoms with E-state index in [4.69, 9.17) is 4.42 Å². The molecule has 0 saturated carbocycles. The Morgan fingerprint density at radius 2 is 0.714 bits per heavy atom. The second-order valence-electron chi connectivity index (χ2n) is 14.5. The van der Waals surface area contributed by atoms with Crippen LogP contribution >= 0.6 is 0 Å². The van der Waals surface area contributed by atoms with Crippen molar-refractivity contribution < 1.29 is 8.81 Å². The molecule has 7 nitrogen and oxygen atoms in total. The average Bonchev–Trinajstić information content (AvgIpc) is 3.65. The summed E-state index contributed by atoms with van der Waals surface area (Å²) in [6, 6.07) is 59.3. The molecule has 6 N–H and O–H groups in total. The smallest absolute Gasteiger partial charge is 0.135 e. The van der Waals surface area contributed by atoms with Gasteiger partial charge >= 0.3 is 0 Å². The van der Waals surface area contributed by atoms with Gasteiger partial charge in [-0.15, -0.1) is 0 Å². The molecule has 2 saturated heterocycles. The number of nitrogens with one attached hydrogen (secondary N) is 6. The Kier molecular flexibility index (Phi) is 9.20. The van der Waals surface area contributed by atoms with Crippen molar-refractivity contribution in [2.75, 3.05) is 0 Å². The summed E-state index contributed by atoms with van der Waals surface area (Å²) in [5.74, 6) is -0.292. The maximum absolute atomic E-state index is 17.9. The van der Waals surface area contributed by atoms with Crippen molar-refractivity contribution in [1.29, 1.82) is 0 Å². The van der Waals surface area contributed by atoms with Crippen LogP contribution in [0.3, 0.4) is 0 Å². The lowest BCUT2D eigenvalue weighted by Crippen LogP contribution is -2.55. The van der Waals surface area contributed by atoms with Gasteiger partial charge < -0.3 is 4.42 Å². The van der Waals surface area contributed by atoms with Gasteiger partial charge in [0.2, 0.25) is 0 Å². The van der Waals surface area contributed by atoms with Crippen LogP contribution < -0.4 is 31.9 Å². The molecule has 2 aliphatic heterocycles. The first-order valence-electron chi connectivity index (χ1n) is 19.2. The van der Waals surface area contributed by atoms with Gasteiger partial charge in [0.1, 0.15) is 17.0 Å². The third-order valence-corrected chi connectivity index (χ3v) is 11.0. The summed E-state index contributed by atoms with van der Waals surface area (Å²) in [4.78, 5) is 0. The molecule has 8 heteroatoms. The van der Waals surface area contributed by atoms with Gasteiger partial charge in [-0.3, -0.25) is 31.9 Å². The maximum atomic E-state index is 17.9. The first-order chi connectivity index (χ1) is 27.6. The van der Waals surface area contributed by atoms with Crippen LogP contribution in [0, 0.1) is 5.82 Å². The summed E-state index contributed by atoms with van der Waals surface area (Å²) in [5, 5.41) is 24.4. The summed E-state index contributed by atoms with van der Waals surface area (Å²) in [6.07, 6.45) is -2.14. The lowest BCUT2D eigenvalue weighted by Gasteiger charge is -2.41. The molecule has 2 fully saturated rings. The van der Waals surface area contributed by atoms with Crippen molar-refractivity contribution in [2.45, 2.75) is 37.0 Å². The van der Waals surface area contributed by atoms with Crippen LogP contribution in [0.1, 0.15) is 70.4 Å². The number of furan rings is 1. The maximum Gasteiger partial charge on any atom is 0.135 e. The lowest BCUT2D eigenvalue weighted by molar-refractivity contribution is 0.193. The lowest BCUT2D eigenvalue weighted by atomic mass is 9.93. The second kappa shape index (κ2) is 14.9. The highest BCUT2D eigenvalue weighted by Crippen LogP contribution is 2.38. The van der Waals surface area contributed by atoms with Crippen LogP contribution in [-0.4, -0.2) is 0 Å². The first-order valence-corrected chi connectivity index (χ1v) is 19.2. The third-order valence-electron chi connectivity index (χ3n) is 11.0. The minimum atomic E-state index is -0.555. The molecular formula is C48H41FN6O. The fourth-order valence-corrected chi connectivity index (χ4v) is 8.16. The zero-order chi connectivity index (χ0) is 37.4. The minimum absolute atomic E-state index is 0.257. The molecule has 0 amide bonds. The third kappa shape index (κ3) is 6.69. The Labute approximate surface area is 325 Å². The molecule has 0 aliphatic carbocycles. The predicted molar refractivity (Wildman–Crippen MR) is 220 cm³/mol. The van der Waals surface area contributed by atoms with Gasteiger partial charge in [0.15, 0.2) is 0 Å². The monoisotopic (exact) mass is 736 g/mol. The minimum Gasteiger partial charge on any atom is -0.456 e. The van der Waals surface area contributed by atoms with Crippen LogP contribution in [0.5, 0.6) is 0 Å². The van der Waals surface area contributed by atoms with E-state index in [0.717, 1.165) is 55.3 Å². The summed E-state index contributed by atoms with van der Waals surface area (Å²) in [6.45, 7) is 0. The predicted octanol–water partition coefficient (Wildman–Crippen LogP) is 9.75. The van der Waals surface area contributed by atoms with Gasteiger partial charge in [-0.2, -0.15) is 0 Å². The molecule has 56 heavy (non-hydrogen) atoms. The molecule has 276 valence electrons. The number of fused-ring (bicyclic) bond motifs is 3. The Hall–Kier alpha value is -5.97. The number of halogens is 1. The molecular weight excluding hydrogens is 696 g/mol. The molecule has 4 atom stereocenters. The zero-order valence-corrected chi connectivity index (χ0v) is 30.5. The quantitative estimate of drug-likeness (QED) is 0.0972. The van der Waals surface area contributed by atoms with E-state index < -0.39 is 12.3 Å². The van der Waals surface area contributed by atoms with Gasteiger partial charge in [-0.05, 0) is 63.7 Å². The highest BCUT2D eigenvalue weighted by atomic mass is 19.1. The molecule has 7 aromatic carbocycles. The zero-order valence-electron chi connectivity index (χ0n) is 30.5. The van der Waals surface area contributed by atoms with Crippen molar-refractivity contribution in [1.82, 2.24) is 31.9 Å². The topological polar surface area (TPSA) is 85.3 Å².